The number of carboxylic acids is 1. The standard InChI is InChI=1S/C84H94Cl3N11O28.CH4/c1-32(2)18-47(90-5)75(111)97-63-65(104)37-10-16-51(44(86)20-37)120-53-22-39-23-54(72(53)125-83-70(109)68(107)73(56(31-99)123-83)126-82-69(108)67(106)66(105)55(122-82)30-91-28-34-6-14-46(92-29-34)35-7-12-40(85)13-8-35)121-52-17-11-38(21-45(52)87)71(124-58-27-84(4,89)74(110)33(3)119-58)64-80(116)96-62(81(117)118)43-24-41(100)25-50(102)59(43)42-19-36(9-15-49(42)101)60(77(113)98-64)95-78(114)61(39)94-76(112)48(26-57(88)103)93-79(63)115;/h6-17,19-25,29,32-33,47-48,55-56,58,60-71,73-74,82-83,90-91,99-102,104-110H,18,26-28,30-31,89H2,1-5H3,(H2,88,103)(H,93,115)(H,94,112)(H,95,114)(H,96,116)(H,97,111)(H,98,113)(H,117,118);1H4/t33-,47+,48+,55+,56+,58?,60-,61+,62-,63?,64-,65+,66-,67-,68+,69+,70+,71+,73+,74-,82-,83-,84-;/m0./s1. The normalized spacial score (nSPS) is 29.4. The molecule has 3 fully saturated rings. The molecule has 0 spiro atoms. The number of nitrogens with two attached hydrogens (primary N) is 2. The number of fused-ring (bicyclic) bond motifs is 15. The number of hydrogen-bond acceptors (Lipinski definition) is 31. The van der Waals surface area contributed by atoms with E-state index in [1.54, 1.807) is 56.4 Å². The van der Waals surface area contributed by atoms with Crippen LogP contribution in [0.1, 0.15) is 118 Å². The van der Waals surface area contributed by atoms with Gasteiger partial charge in [0.05, 0.1) is 47.0 Å². The van der Waals surface area contributed by atoms with Crippen molar-refractivity contribution in [1.82, 2.24) is 47.5 Å². The Morgan fingerprint density at radius 1 is 0.661 bits per heavy atom. The van der Waals surface area contributed by atoms with Crippen molar-refractivity contribution in [2.75, 3.05) is 20.2 Å². The minimum absolute atomic E-state index is 0. The van der Waals surface area contributed by atoms with Crippen LogP contribution in [0.25, 0.3) is 22.4 Å². The van der Waals surface area contributed by atoms with Crippen molar-refractivity contribution in [1.29, 1.82) is 0 Å². The zero-order chi connectivity index (χ0) is 90.9. The summed E-state index contributed by atoms with van der Waals surface area (Å²) in [5.41, 5.74) is 10.1. The number of rotatable bonds is 20. The third-order valence-electron chi connectivity index (χ3n) is 22.3. The maximum Gasteiger partial charge on any atom is 0.330 e. The number of aliphatic hydroxyl groups is 8. The summed E-state index contributed by atoms with van der Waals surface area (Å²) >= 11 is 20.6. The summed E-state index contributed by atoms with van der Waals surface area (Å²) in [6.07, 6.45) is -27.6. The number of aliphatic hydroxyl groups excluding tert-OH is 8. The summed E-state index contributed by atoms with van der Waals surface area (Å²) < 4.78 is 51.2. The molecule has 3 saturated heterocycles. The Kier molecular flexibility index (Phi) is 29.9. The minimum Gasteiger partial charge on any atom is -0.508 e. The van der Waals surface area contributed by atoms with E-state index in [4.69, 9.17) is 84.2 Å². The Hall–Kier alpha value is -10.7. The number of nitrogens with zero attached hydrogens (tertiary/aromatic N) is 1. The predicted molar refractivity (Wildman–Crippen MR) is 448 cm³/mol. The quantitative estimate of drug-likeness (QED) is 0.0519. The third kappa shape index (κ3) is 21.0. The predicted octanol–water partition coefficient (Wildman–Crippen LogP) is 2.08. The highest BCUT2D eigenvalue weighted by molar-refractivity contribution is 6.32. The van der Waals surface area contributed by atoms with E-state index in [9.17, 15) is 75.7 Å². The number of primary amides is 1. The number of phenols is 3. The number of aromatic hydroxyl groups is 3. The number of amides is 7. The molecule has 15 rings (SSSR count). The lowest BCUT2D eigenvalue weighted by molar-refractivity contribution is -0.350. The second-order valence-electron chi connectivity index (χ2n) is 32.0. The van der Waals surface area contributed by atoms with Gasteiger partial charge in [0.1, 0.15) is 120 Å². The molecule has 8 aliphatic rings. The number of ether oxygens (including phenoxy) is 8. The Morgan fingerprint density at radius 3 is 1.91 bits per heavy atom. The molecular formula is C85H98Cl3N11O28. The van der Waals surface area contributed by atoms with Gasteiger partial charge in [0, 0.05) is 64.6 Å². The fourth-order valence-electron chi connectivity index (χ4n) is 15.7. The summed E-state index contributed by atoms with van der Waals surface area (Å²) in [4.78, 5) is 125. The molecule has 2 unspecified atom stereocenters. The van der Waals surface area contributed by atoms with E-state index >= 15 is 24.0 Å². The van der Waals surface area contributed by atoms with Crippen LogP contribution in [0.5, 0.6) is 46.0 Å². The number of aromatic nitrogens is 1. The van der Waals surface area contributed by atoms with Gasteiger partial charge in [-0.15, -0.1) is 0 Å². The van der Waals surface area contributed by atoms with Crippen LogP contribution in [0.3, 0.4) is 0 Å². The molecule has 0 radical (unpaired) electrons. The minimum atomic E-state index is -2.43. The van der Waals surface area contributed by atoms with Crippen LogP contribution in [0.15, 0.2) is 121 Å². The molecule has 0 aliphatic carbocycles. The lowest BCUT2D eigenvalue weighted by atomic mass is 9.86. The molecule has 6 aromatic carbocycles. The van der Waals surface area contributed by atoms with Gasteiger partial charge in [0.15, 0.2) is 30.1 Å². The van der Waals surface area contributed by atoms with Crippen LogP contribution in [0.4, 0.5) is 0 Å². The Morgan fingerprint density at radius 2 is 1.29 bits per heavy atom. The number of nitrogens with one attached hydrogen (secondary N) is 8. The maximum atomic E-state index is 16.4. The molecule has 23 atom stereocenters. The zero-order valence-electron chi connectivity index (χ0n) is 67.7. The van der Waals surface area contributed by atoms with Crippen molar-refractivity contribution in [3.63, 3.8) is 0 Å². The van der Waals surface area contributed by atoms with Crippen LogP contribution in [-0.2, 0) is 68.6 Å². The van der Waals surface area contributed by atoms with Crippen LogP contribution < -0.4 is 68.2 Å². The van der Waals surface area contributed by atoms with Crippen LogP contribution in [-0.4, -0.2) is 243 Å². The van der Waals surface area contributed by atoms with Gasteiger partial charge >= 0.3 is 5.97 Å². The zero-order valence-corrected chi connectivity index (χ0v) is 70.0. The van der Waals surface area contributed by atoms with Gasteiger partial charge in [-0.05, 0) is 134 Å². The fourth-order valence-corrected chi connectivity index (χ4v) is 16.3. The number of pyridine rings is 1. The molecule has 42 heteroatoms. The number of carbonyl (C=O) groups is 8. The molecule has 682 valence electrons. The lowest BCUT2D eigenvalue weighted by Crippen LogP contribution is -2.65. The molecule has 7 amide bonds. The molecule has 11 bridgehead atoms. The summed E-state index contributed by atoms with van der Waals surface area (Å²) in [6.45, 7) is 5.36. The highest BCUT2D eigenvalue weighted by Gasteiger charge is 2.53. The molecule has 1 aromatic heterocycles. The van der Waals surface area contributed by atoms with E-state index < -0.39 is 284 Å². The van der Waals surface area contributed by atoms with E-state index in [2.05, 4.69) is 47.5 Å². The summed E-state index contributed by atoms with van der Waals surface area (Å²) in [5, 5.41) is 160. The Labute approximate surface area is 740 Å². The van der Waals surface area contributed by atoms with E-state index in [0.717, 1.165) is 72.3 Å². The molecule has 7 aromatic rings. The highest BCUT2D eigenvalue weighted by Crippen LogP contribution is 2.50. The van der Waals surface area contributed by atoms with Gasteiger partial charge in [-0.1, -0.05) is 92.5 Å². The SMILES string of the molecule is C.CN[C@H](CC(C)C)C(=O)NC1C(=O)N[C@H](CC(N)=O)C(=O)N[C@H]2C(=O)N[C@@H]3C(=O)N[C@H](C(=O)N[C@H](C(=O)O)c4cc(O)cc(O)c4-c4cc3ccc4O)[C@H](OC3C[C@](C)(N)[C@@H](O)[C@H](C)O3)c3ccc(c(Cl)c3)Oc3cc2cc(c3O[C@@H]2O[C@H](CO)[C@@H](O[C@@H]3O[C@H](CNCc4ccc(-c5ccc(Cl)cc5)nc4)[C@H](O)[C@H](O)[C@H]3O)[C@H](O)[C@H]2O)Oc2ccc(cc2Cl)[C@H]1O. The lowest BCUT2D eigenvalue weighted by Gasteiger charge is -2.46. The third-order valence-corrected chi connectivity index (χ3v) is 23.2. The van der Waals surface area contributed by atoms with E-state index in [1.165, 1.54) is 33.0 Å². The van der Waals surface area contributed by atoms with Crippen LogP contribution in [0, 0.1) is 5.92 Å². The van der Waals surface area contributed by atoms with E-state index in [-0.39, 0.29) is 50.4 Å². The highest BCUT2D eigenvalue weighted by atomic mass is 35.5. The second-order valence-corrected chi connectivity index (χ2v) is 33.3. The van der Waals surface area contributed by atoms with Gasteiger partial charge < -0.3 is 153 Å². The van der Waals surface area contributed by atoms with E-state index in [0.29, 0.717) is 16.3 Å². The van der Waals surface area contributed by atoms with Crippen molar-refractivity contribution in [3.8, 4) is 68.4 Å². The van der Waals surface area contributed by atoms with Crippen molar-refractivity contribution in [3.05, 3.63) is 170 Å². The molecule has 39 nitrogen and oxygen atoms in total. The van der Waals surface area contributed by atoms with Gasteiger partial charge in [-0.25, -0.2) is 4.79 Å². The summed E-state index contributed by atoms with van der Waals surface area (Å²) in [6, 6.07) is 9.56. The first-order chi connectivity index (χ1) is 59.8. The fraction of sp³-hybridized carbons (Fsp3) is 0.424. The molecule has 8 aliphatic heterocycles. The average Bonchev–Trinajstić information content (AvgIpc) is 0.761. The summed E-state index contributed by atoms with van der Waals surface area (Å²) in [5.74, 6) is -16.7. The number of aliphatic carboxylic acids is 1. The number of hydrogen-bond donors (Lipinski definition) is 22. The second kappa shape index (κ2) is 39.9. The van der Waals surface area contributed by atoms with Crippen LogP contribution in [0.2, 0.25) is 15.1 Å². The van der Waals surface area contributed by atoms with Gasteiger partial charge in [0.2, 0.25) is 53.4 Å². The number of benzene rings is 6. The Balaban J connectivity index is 0.0000146. The number of carbonyl (C=O) groups excluding carboxylic acids is 7. The number of halogens is 3. The average molecular weight is 1830 g/mol. The van der Waals surface area contributed by atoms with Gasteiger partial charge in [-0.2, -0.15) is 0 Å². The molecule has 9 heterocycles. The van der Waals surface area contributed by atoms with Crippen molar-refractivity contribution in [2.45, 2.75) is 201 Å². The first-order valence-corrected chi connectivity index (χ1v) is 41.0. The van der Waals surface area contributed by atoms with E-state index in [1.807, 2.05) is 0 Å². The van der Waals surface area contributed by atoms with Crippen molar-refractivity contribution in [2.24, 2.45) is 17.4 Å². The number of carboxylic acid groups (broad SMARTS) is 1. The summed E-state index contributed by atoms with van der Waals surface area (Å²) in [7, 11) is 1.46. The number of phenolic OH excluding ortho intramolecular Hbond substituents is 3. The monoisotopic (exact) mass is 1830 g/mol. The maximum absolute atomic E-state index is 16.4. The first kappa shape index (κ1) is 95.4. The molecule has 0 saturated carbocycles. The van der Waals surface area contributed by atoms with Gasteiger partial charge in [0.25, 0.3) is 0 Å². The molecule has 127 heavy (non-hydrogen) atoms. The van der Waals surface area contributed by atoms with Gasteiger partial charge in [-0.3, -0.25) is 38.5 Å². The topological polar surface area (TPSA) is 614 Å². The number of likely N-dealkylation sites (N-methyl/N-ethyl adjacent to an activating group) is 1. The first-order valence-electron chi connectivity index (χ1n) is 39.8. The largest absolute Gasteiger partial charge is 0.508 e. The van der Waals surface area contributed by atoms with Crippen LogP contribution >= 0.6 is 34.8 Å². The smallest absolute Gasteiger partial charge is 0.330 e. The molecular weight excluding hydrogens is 1730 g/mol. The molecule has 24 N–H and O–H groups in total. The van der Waals surface area contributed by atoms with Crippen molar-refractivity contribution >= 4 is 82.1 Å². The Bertz CT molecular complexity index is 5260. The van der Waals surface area contributed by atoms with Crippen molar-refractivity contribution < 1.29 is 138 Å².